The van der Waals surface area contributed by atoms with Crippen LogP contribution in [0.3, 0.4) is 0 Å². The summed E-state index contributed by atoms with van der Waals surface area (Å²) in [4.78, 5) is 20.8. The summed E-state index contributed by atoms with van der Waals surface area (Å²) < 4.78 is 5.71. The first-order valence-corrected chi connectivity index (χ1v) is 10.6. The van der Waals surface area contributed by atoms with E-state index in [1.807, 2.05) is 36.5 Å². The topological polar surface area (TPSA) is 76.1 Å². The Morgan fingerprint density at radius 1 is 1.13 bits per heavy atom. The zero-order valence-electron chi connectivity index (χ0n) is 17.2. The molecular weight excluding hydrogens is 420 g/mol. The van der Waals surface area contributed by atoms with Crippen LogP contribution >= 0.6 is 23.4 Å². The van der Waals surface area contributed by atoms with Crippen molar-refractivity contribution in [1.29, 1.82) is 0 Å². The smallest absolute Gasteiger partial charge is 0.254 e. The fraction of sp³-hybridized carbons (Fsp3) is 0.227. The van der Waals surface area contributed by atoms with E-state index in [4.69, 9.17) is 16.3 Å². The highest BCUT2D eigenvalue weighted by molar-refractivity contribution is 7.99. The van der Waals surface area contributed by atoms with Crippen LogP contribution < -0.4 is 15.4 Å². The summed E-state index contributed by atoms with van der Waals surface area (Å²) in [7, 11) is 3.18. The number of carbonyl (C=O) groups is 1. The number of methoxy groups -OCH3 is 1. The van der Waals surface area contributed by atoms with Crippen LogP contribution in [0.1, 0.15) is 24.2 Å². The Hall–Kier alpha value is -2.77. The van der Waals surface area contributed by atoms with Gasteiger partial charge >= 0.3 is 0 Å². The highest BCUT2D eigenvalue weighted by Gasteiger charge is 2.16. The predicted octanol–water partition coefficient (Wildman–Crippen LogP) is 5.41. The minimum absolute atomic E-state index is 0.265. The largest absolute Gasteiger partial charge is 0.494 e. The van der Waals surface area contributed by atoms with Gasteiger partial charge in [0.25, 0.3) is 5.91 Å². The van der Waals surface area contributed by atoms with Crippen LogP contribution in [-0.2, 0) is 0 Å². The van der Waals surface area contributed by atoms with Gasteiger partial charge in [0.1, 0.15) is 10.9 Å². The van der Waals surface area contributed by atoms with Crippen molar-refractivity contribution in [3.05, 3.63) is 59.5 Å². The summed E-state index contributed by atoms with van der Waals surface area (Å²) in [6.07, 6.45) is 3.28. The third-order valence-electron chi connectivity index (χ3n) is 4.23. The van der Waals surface area contributed by atoms with Gasteiger partial charge in [-0.05, 0) is 18.2 Å². The number of hydrogen-bond donors (Lipinski definition) is 2. The number of carbonyl (C=O) groups excluding carboxylic acids is 1. The number of thioether (sulfide) groups is 1. The number of amides is 1. The number of halogens is 1. The maximum absolute atomic E-state index is 12.2. The van der Waals surface area contributed by atoms with Crippen LogP contribution in [0.15, 0.2) is 53.8 Å². The third-order valence-corrected chi connectivity index (χ3v) is 5.40. The van der Waals surface area contributed by atoms with Crippen molar-refractivity contribution >= 4 is 40.6 Å². The Kier molecular flexibility index (Phi) is 7.18. The van der Waals surface area contributed by atoms with Crippen molar-refractivity contribution in [3.63, 3.8) is 0 Å². The van der Waals surface area contributed by atoms with Crippen LogP contribution in [-0.4, -0.2) is 35.3 Å². The fourth-order valence-electron chi connectivity index (χ4n) is 2.93. The first-order chi connectivity index (χ1) is 14.4. The highest BCUT2D eigenvalue weighted by Crippen LogP contribution is 2.38. The second-order valence-corrected chi connectivity index (χ2v) is 8.68. The van der Waals surface area contributed by atoms with Crippen LogP contribution in [0, 0.1) is 0 Å². The standard InChI is InChI=1S/C22H23ClN4O2S/c1-13(2)30-20-9-8-14(11-26-20)15-6-5-7-17(21(15)29-4)27-18-10-19(23)25-12-16(18)22(28)24-3/h5-13H,1-4H3,(H,24,28)(H,25,27). The number of nitrogens with zero attached hydrogens (tertiary/aromatic N) is 2. The number of hydrogen-bond acceptors (Lipinski definition) is 6. The van der Waals surface area contributed by atoms with E-state index in [1.165, 1.54) is 6.20 Å². The number of benzene rings is 1. The van der Waals surface area contributed by atoms with Gasteiger partial charge < -0.3 is 15.4 Å². The molecule has 0 atom stereocenters. The minimum atomic E-state index is -0.265. The van der Waals surface area contributed by atoms with Crippen LogP contribution in [0.4, 0.5) is 11.4 Å². The zero-order valence-corrected chi connectivity index (χ0v) is 18.8. The molecular formula is C22H23ClN4O2S. The van der Waals surface area contributed by atoms with Crippen LogP contribution in [0.2, 0.25) is 5.15 Å². The van der Waals surface area contributed by atoms with E-state index in [0.29, 0.717) is 27.9 Å². The van der Waals surface area contributed by atoms with E-state index in [2.05, 4.69) is 34.4 Å². The summed E-state index contributed by atoms with van der Waals surface area (Å²) in [5, 5.41) is 7.59. The van der Waals surface area contributed by atoms with Crippen molar-refractivity contribution in [3.8, 4) is 16.9 Å². The second kappa shape index (κ2) is 9.82. The molecule has 0 saturated carbocycles. The first kappa shape index (κ1) is 21.9. The van der Waals surface area contributed by atoms with Gasteiger partial charge in [-0.2, -0.15) is 0 Å². The molecule has 30 heavy (non-hydrogen) atoms. The molecule has 0 saturated heterocycles. The van der Waals surface area contributed by atoms with Gasteiger partial charge in [-0.1, -0.05) is 43.6 Å². The molecule has 0 aliphatic rings. The van der Waals surface area contributed by atoms with E-state index in [0.717, 1.165) is 16.2 Å². The molecule has 6 nitrogen and oxygen atoms in total. The predicted molar refractivity (Wildman–Crippen MR) is 123 cm³/mol. The minimum Gasteiger partial charge on any atom is -0.494 e. The summed E-state index contributed by atoms with van der Waals surface area (Å²) in [5.41, 5.74) is 3.43. The summed E-state index contributed by atoms with van der Waals surface area (Å²) in [6.45, 7) is 4.27. The molecule has 8 heteroatoms. The monoisotopic (exact) mass is 442 g/mol. The maximum atomic E-state index is 12.2. The molecule has 3 aromatic rings. The Morgan fingerprint density at radius 3 is 2.57 bits per heavy atom. The summed E-state index contributed by atoms with van der Waals surface area (Å²) in [5.74, 6) is 0.374. The lowest BCUT2D eigenvalue weighted by Gasteiger charge is -2.17. The molecule has 0 radical (unpaired) electrons. The molecule has 2 heterocycles. The molecule has 0 unspecified atom stereocenters. The Labute approximate surface area is 185 Å². The van der Waals surface area contributed by atoms with Gasteiger partial charge in [-0.25, -0.2) is 9.97 Å². The first-order valence-electron chi connectivity index (χ1n) is 9.37. The van der Waals surface area contributed by atoms with Gasteiger partial charge in [-0.3, -0.25) is 4.79 Å². The second-order valence-electron chi connectivity index (χ2n) is 6.69. The van der Waals surface area contributed by atoms with Gasteiger partial charge in [0.2, 0.25) is 0 Å². The molecule has 3 rings (SSSR count). The molecule has 0 aliphatic heterocycles. The molecule has 0 bridgehead atoms. The molecule has 1 aromatic carbocycles. The average Bonchev–Trinajstić information content (AvgIpc) is 2.73. The number of para-hydroxylation sites is 1. The number of ether oxygens (including phenoxy) is 1. The molecule has 2 N–H and O–H groups in total. The van der Waals surface area contributed by atoms with Crippen molar-refractivity contribution in [2.45, 2.75) is 24.1 Å². The quantitative estimate of drug-likeness (QED) is 0.376. The Bertz CT molecular complexity index is 1040. The van der Waals surface area contributed by atoms with Crippen LogP contribution in [0.25, 0.3) is 11.1 Å². The Balaban J connectivity index is 1.99. The van der Waals surface area contributed by atoms with Crippen LogP contribution in [0.5, 0.6) is 5.75 Å². The van der Waals surface area contributed by atoms with Crippen molar-refractivity contribution in [2.75, 3.05) is 19.5 Å². The van der Waals surface area contributed by atoms with Crippen molar-refractivity contribution in [1.82, 2.24) is 15.3 Å². The molecule has 0 aliphatic carbocycles. The molecule has 156 valence electrons. The third kappa shape index (κ3) is 5.04. The normalized spacial score (nSPS) is 10.7. The van der Waals surface area contributed by atoms with Crippen molar-refractivity contribution in [2.24, 2.45) is 0 Å². The zero-order chi connectivity index (χ0) is 21.7. The SMILES string of the molecule is CNC(=O)c1cnc(Cl)cc1Nc1cccc(-c2ccc(SC(C)C)nc2)c1OC. The summed E-state index contributed by atoms with van der Waals surface area (Å²) in [6, 6.07) is 11.4. The number of nitrogens with one attached hydrogen (secondary N) is 2. The molecule has 2 aromatic heterocycles. The average molecular weight is 443 g/mol. The number of aromatic nitrogens is 2. The van der Waals surface area contributed by atoms with E-state index in [9.17, 15) is 4.79 Å². The maximum Gasteiger partial charge on any atom is 0.254 e. The number of rotatable bonds is 7. The van der Waals surface area contributed by atoms with E-state index in [1.54, 1.807) is 32.0 Å². The number of pyridine rings is 2. The van der Waals surface area contributed by atoms with Gasteiger partial charge in [0, 0.05) is 35.8 Å². The molecule has 0 fully saturated rings. The summed E-state index contributed by atoms with van der Waals surface area (Å²) >= 11 is 7.77. The van der Waals surface area contributed by atoms with Gasteiger partial charge in [0.15, 0.2) is 0 Å². The van der Waals surface area contributed by atoms with Gasteiger partial charge in [-0.15, -0.1) is 11.8 Å². The lowest BCUT2D eigenvalue weighted by molar-refractivity contribution is 0.0963. The fourth-order valence-corrected chi connectivity index (χ4v) is 3.83. The Morgan fingerprint density at radius 2 is 1.93 bits per heavy atom. The van der Waals surface area contributed by atoms with E-state index < -0.39 is 0 Å². The van der Waals surface area contributed by atoms with Crippen molar-refractivity contribution < 1.29 is 9.53 Å². The lowest BCUT2D eigenvalue weighted by atomic mass is 10.1. The highest BCUT2D eigenvalue weighted by atomic mass is 35.5. The lowest BCUT2D eigenvalue weighted by Crippen LogP contribution is -2.19. The number of anilines is 2. The van der Waals surface area contributed by atoms with E-state index >= 15 is 0 Å². The van der Waals surface area contributed by atoms with E-state index in [-0.39, 0.29) is 11.1 Å². The molecule has 1 amide bonds. The molecule has 0 spiro atoms. The van der Waals surface area contributed by atoms with Gasteiger partial charge in [0.05, 0.1) is 29.1 Å².